The van der Waals surface area contributed by atoms with Crippen molar-refractivity contribution in [2.45, 2.75) is 25.9 Å². The van der Waals surface area contributed by atoms with Gasteiger partial charge in [0.1, 0.15) is 6.04 Å². The van der Waals surface area contributed by atoms with Crippen molar-refractivity contribution in [3.05, 3.63) is 76.0 Å². The molecule has 2 aliphatic heterocycles. The van der Waals surface area contributed by atoms with Crippen molar-refractivity contribution in [1.29, 1.82) is 0 Å². The quantitative estimate of drug-likeness (QED) is 0.766. The molecular formula is C23H23ClN4O3. The summed E-state index contributed by atoms with van der Waals surface area (Å²) in [5, 5.41) is 6.17. The van der Waals surface area contributed by atoms with Crippen LogP contribution in [-0.4, -0.2) is 47.3 Å². The van der Waals surface area contributed by atoms with Gasteiger partial charge in [-0.3, -0.25) is 14.5 Å². The van der Waals surface area contributed by atoms with Crippen molar-refractivity contribution in [3.8, 4) is 0 Å². The number of urea groups is 1. The number of nitrogens with zero attached hydrogens (tertiary/aromatic N) is 2. The van der Waals surface area contributed by atoms with Gasteiger partial charge >= 0.3 is 6.03 Å². The Morgan fingerprint density at radius 2 is 1.84 bits per heavy atom. The highest BCUT2D eigenvalue weighted by Crippen LogP contribution is 2.38. The fourth-order valence-electron chi connectivity index (χ4n) is 3.87. The molecule has 2 aliphatic rings. The molecule has 2 aromatic carbocycles. The van der Waals surface area contributed by atoms with Crippen molar-refractivity contribution in [2.24, 2.45) is 0 Å². The molecule has 0 aromatic heterocycles. The molecule has 2 atom stereocenters. The van der Waals surface area contributed by atoms with Gasteiger partial charge in [-0.05, 0) is 37.6 Å². The molecule has 7 nitrogen and oxygen atoms in total. The lowest BCUT2D eigenvalue weighted by molar-refractivity contribution is -0.133. The minimum Gasteiger partial charge on any atom is -0.326 e. The van der Waals surface area contributed by atoms with Gasteiger partial charge < -0.3 is 15.5 Å². The van der Waals surface area contributed by atoms with Crippen LogP contribution < -0.4 is 10.6 Å². The van der Waals surface area contributed by atoms with Crippen LogP contribution in [-0.2, 0) is 9.59 Å². The molecule has 31 heavy (non-hydrogen) atoms. The van der Waals surface area contributed by atoms with Crippen LogP contribution in [0.15, 0.2) is 59.8 Å². The first-order chi connectivity index (χ1) is 14.8. The molecule has 0 aliphatic carbocycles. The van der Waals surface area contributed by atoms with Gasteiger partial charge in [0.25, 0.3) is 5.91 Å². The van der Waals surface area contributed by atoms with E-state index in [9.17, 15) is 14.4 Å². The highest BCUT2D eigenvalue weighted by Gasteiger charge is 2.45. The Bertz CT molecular complexity index is 1100. The molecule has 160 valence electrons. The Hall–Kier alpha value is -3.32. The van der Waals surface area contributed by atoms with Crippen LogP contribution in [0.3, 0.4) is 0 Å². The van der Waals surface area contributed by atoms with E-state index in [0.717, 1.165) is 5.56 Å². The molecular weight excluding hydrogens is 416 g/mol. The molecule has 2 N–H and O–H groups in total. The minimum atomic E-state index is -0.727. The maximum Gasteiger partial charge on any atom is 0.322 e. The zero-order valence-corrected chi connectivity index (χ0v) is 18.2. The first-order valence-corrected chi connectivity index (χ1v) is 10.4. The van der Waals surface area contributed by atoms with Gasteiger partial charge in [-0.1, -0.05) is 47.5 Å². The molecule has 0 radical (unpaired) electrons. The first-order valence-electron chi connectivity index (χ1n) is 9.98. The number of hydrogen-bond acceptors (Lipinski definition) is 3. The summed E-state index contributed by atoms with van der Waals surface area (Å²) in [4.78, 5) is 41.7. The van der Waals surface area contributed by atoms with Crippen LogP contribution in [0, 0.1) is 6.92 Å². The van der Waals surface area contributed by atoms with Gasteiger partial charge in [-0.15, -0.1) is 0 Å². The number of nitrogens with one attached hydrogen (secondary N) is 2. The van der Waals surface area contributed by atoms with E-state index >= 15 is 0 Å². The summed E-state index contributed by atoms with van der Waals surface area (Å²) in [5.41, 5.74) is 3.40. The van der Waals surface area contributed by atoms with E-state index in [0.29, 0.717) is 27.5 Å². The average Bonchev–Trinajstić information content (AvgIpc) is 3.10. The van der Waals surface area contributed by atoms with E-state index in [2.05, 4.69) is 10.6 Å². The van der Waals surface area contributed by atoms with E-state index in [1.807, 2.05) is 31.2 Å². The summed E-state index contributed by atoms with van der Waals surface area (Å²) in [6.45, 7) is 3.82. The third-order valence-electron chi connectivity index (χ3n) is 5.77. The number of benzene rings is 2. The molecule has 4 rings (SSSR count). The Morgan fingerprint density at radius 1 is 1.16 bits per heavy atom. The number of rotatable bonds is 4. The summed E-state index contributed by atoms with van der Waals surface area (Å²) >= 11 is 6.35. The van der Waals surface area contributed by atoms with Gasteiger partial charge in [0.15, 0.2) is 0 Å². The number of carbonyl (C=O) groups excluding carboxylic acids is 3. The van der Waals surface area contributed by atoms with Crippen LogP contribution in [0.1, 0.15) is 24.1 Å². The van der Waals surface area contributed by atoms with Crippen LogP contribution in [0.25, 0.3) is 0 Å². The normalized spacial score (nSPS) is 19.3. The summed E-state index contributed by atoms with van der Waals surface area (Å²) in [6.07, 6.45) is 0. The number of anilines is 1. The third-order valence-corrected chi connectivity index (χ3v) is 6.11. The predicted molar refractivity (Wildman–Crippen MR) is 118 cm³/mol. The fourth-order valence-corrected chi connectivity index (χ4v) is 4.11. The largest absolute Gasteiger partial charge is 0.326 e. The molecule has 0 spiro atoms. The monoisotopic (exact) mass is 438 g/mol. The lowest BCUT2D eigenvalue weighted by atomic mass is 9.95. The molecule has 2 aromatic rings. The Kier molecular flexibility index (Phi) is 5.45. The Balaban J connectivity index is 1.60. The standard InChI is InChI=1S/C23H23ClN4O3/c1-13-8-10-15(11-9-13)25-21(29)14(2)28-12-18-19(22(28)30)20(26-23(31)27(18)3)16-6-4-5-7-17(16)24/h4-11,14,20H,12H2,1-3H3,(H,25,29)(H,26,31)/t14-,20+/m1/s1. The van der Waals surface area contributed by atoms with Crippen molar-refractivity contribution in [2.75, 3.05) is 18.9 Å². The van der Waals surface area contributed by atoms with Crippen LogP contribution >= 0.6 is 11.6 Å². The third kappa shape index (κ3) is 3.77. The smallest absolute Gasteiger partial charge is 0.322 e. The summed E-state index contributed by atoms with van der Waals surface area (Å²) in [6, 6.07) is 12.8. The first kappa shape index (κ1) is 20.9. The van der Waals surface area contributed by atoms with Crippen LogP contribution in [0.2, 0.25) is 5.02 Å². The highest BCUT2D eigenvalue weighted by molar-refractivity contribution is 6.31. The molecule has 0 fully saturated rings. The van der Waals surface area contributed by atoms with Gasteiger partial charge in [0, 0.05) is 17.8 Å². The lowest BCUT2D eigenvalue weighted by Crippen LogP contribution is -2.45. The van der Waals surface area contributed by atoms with Crippen molar-refractivity contribution >= 4 is 35.1 Å². The van der Waals surface area contributed by atoms with E-state index in [-0.39, 0.29) is 24.4 Å². The fraction of sp³-hybridized carbons (Fsp3) is 0.261. The van der Waals surface area contributed by atoms with E-state index < -0.39 is 12.1 Å². The maximum absolute atomic E-state index is 13.4. The van der Waals surface area contributed by atoms with Crippen LogP contribution in [0.5, 0.6) is 0 Å². The molecule has 2 heterocycles. The number of aryl methyl sites for hydroxylation is 1. The van der Waals surface area contributed by atoms with Crippen LogP contribution in [0.4, 0.5) is 10.5 Å². The molecule has 4 amide bonds. The Morgan fingerprint density at radius 3 is 2.52 bits per heavy atom. The molecule has 0 saturated carbocycles. The van der Waals surface area contributed by atoms with E-state index in [1.54, 1.807) is 38.2 Å². The SMILES string of the molecule is Cc1ccc(NC(=O)[C@@H](C)N2CC3=C(C2=O)[C@H](c2ccccc2Cl)NC(=O)N3C)cc1. The van der Waals surface area contributed by atoms with Gasteiger partial charge in [-0.2, -0.15) is 0 Å². The molecule has 0 bridgehead atoms. The summed E-state index contributed by atoms with van der Waals surface area (Å²) < 4.78 is 0. The Labute approximate surface area is 185 Å². The second-order valence-corrected chi connectivity index (χ2v) is 8.19. The number of hydrogen-bond donors (Lipinski definition) is 2. The summed E-state index contributed by atoms with van der Waals surface area (Å²) in [5.74, 6) is -0.591. The zero-order valence-electron chi connectivity index (χ0n) is 17.5. The van der Waals surface area contributed by atoms with Gasteiger partial charge in [0.2, 0.25) is 5.91 Å². The topological polar surface area (TPSA) is 81.8 Å². The van der Waals surface area contributed by atoms with Gasteiger partial charge in [-0.25, -0.2) is 4.79 Å². The molecule has 8 heteroatoms. The second-order valence-electron chi connectivity index (χ2n) is 7.79. The lowest BCUT2D eigenvalue weighted by Gasteiger charge is -2.31. The summed E-state index contributed by atoms with van der Waals surface area (Å²) in [7, 11) is 1.61. The molecule has 0 saturated heterocycles. The number of carbonyl (C=O) groups is 3. The van der Waals surface area contributed by atoms with Crippen molar-refractivity contribution < 1.29 is 14.4 Å². The van der Waals surface area contributed by atoms with Gasteiger partial charge in [0.05, 0.1) is 23.9 Å². The maximum atomic E-state index is 13.4. The minimum absolute atomic E-state index is 0.168. The number of amides is 4. The van der Waals surface area contributed by atoms with E-state index in [4.69, 9.17) is 11.6 Å². The number of halogens is 1. The van der Waals surface area contributed by atoms with Crippen molar-refractivity contribution in [1.82, 2.24) is 15.1 Å². The van der Waals surface area contributed by atoms with E-state index in [1.165, 1.54) is 9.80 Å². The second kappa shape index (κ2) is 8.07. The zero-order chi connectivity index (χ0) is 22.3. The number of likely N-dealkylation sites (N-methyl/N-ethyl adjacent to an activating group) is 1. The molecule has 0 unspecified atom stereocenters. The predicted octanol–water partition coefficient (Wildman–Crippen LogP) is 3.47. The highest BCUT2D eigenvalue weighted by atomic mass is 35.5. The average molecular weight is 439 g/mol. The van der Waals surface area contributed by atoms with Crippen molar-refractivity contribution in [3.63, 3.8) is 0 Å².